The molecule has 1 atom stereocenters. The summed E-state index contributed by atoms with van der Waals surface area (Å²) in [5, 5.41) is 8.88. The summed E-state index contributed by atoms with van der Waals surface area (Å²) < 4.78 is 5.48. The summed E-state index contributed by atoms with van der Waals surface area (Å²) in [6.45, 7) is 0. The molecule has 4 heteroatoms. The molecule has 0 heterocycles. The molecular weight excluding hydrogens is 230 g/mol. The van der Waals surface area contributed by atoms with Crippen molar-refractivity contribution in [3.05, 3.63) is 28.8 Å². The molecule has 1 aromatic carbocycles. The van der Waals surface area contributed by atoms with Crippen LogP contribution in [0.2, 0.25) is 0 Å². The van der Waals surface area contributed by atoms with Crippen LogP contribution in [0.25, 0.3) is 0 Å². The minimum absolute atomic E-state index is 0.311. The number of carboxylic acid groups (broad SMARTS) is 1. The summed E-state index contributed by atoms with van der Waals surface area (Å²) in [6, 6.07) is 3.16. The SMILES string of the molecule is COc1c(CC(N)C(=O)O)ccc2c1CCCC2. The van der Waals surface area contributed by atoms with E-state index in [1.54, 1.807) is 7.11 Å². The number of nitrogens with two attached hydrogens (primary N) is 1. The molecule has 4 nitrogen and oxygen atoms in total. The van der Waals surface area contributed by atoms with Crippen LogP contribution in [0.5, 0.6) is 5.75 Å². The highest BCUT2D eigenvalue weighted by Gasteiger charge is 2.20. The number of fused-ring (bicyclic) bond motifs is 1. The van der Waals surface area contributed by atoms with Gasteiger partial charge in [-0.25, -0.2) is 0 Å². The molecule has 18 heavy (non-hydrogen) atoms. The first kappa shape index (κ1) is 12.9. The Labute approximate surface area is 107 Å². The number of benzene rings is 1. The third kappa shape index (κ3) is 2.48. The molecule has 98 valence electrons. The molecule has 2 rings (SSSR count). The molecule has 0 saturated carbocycles. The Morgan fingerprint density at radius 2 is 2.17 bits per heavy atom. The zero-order valence-electron chi connectivity index (χ0n) is 10.6. The zero-order valence-corrected chi connectivity index (χ0v) is 10.6. The van der Waals surface area contributed by atoms with Gasteiger partial charge >= 0.3 is 5.97 Å². The number of methoxy groups -OCH3 is 1. The van der Waals surface area contributed by atoms with Gasteiger partial charge in [-0.05, 0) is 42.4 Å². The van der Waals surface area contributed by atoms with Crippen molar-refractivity contribution in [3.63, 3.8) is 0 Å². The fourth-order valence-electron chi connectivity index (χ4n) is 2.58. The maximum Gasteiger partial charge on any atom is 0.320 e. The van der Waals surface area contributed by atoms with E-state index in [4.69, 9.17) is 15.6 Å². The van der Waals surface area contributed by atoms with E-state index in [2.05, 4.69) is 6.07 Å². The van der Waals surface area contributed by atoms with Crippen LogP contribution in [0.3, 0.4) is 0 Å². The van der Waals surface area contributed by atoms with E-state index in [-0.39, 0.29) is 0 Å². The van der Waals surface area contributed by atoms with Crippen LogP contribution in [-0.2, 0) is 24.1 Å². The predicted octanol–water partition coefficient (Wildman–Crippen LogP) is 1.53. The average Bonchev–Trinajstić information content (AvgIpc) is 2.38. The standard InChI is InChI=1S/C14H19NO3/c1-18-13-10(8-12(15)14(16)17)7-6-9-4-2-3-5-11(9)13/h6-7,12H,2-5,8,15H2,1H3,(H,16,17). The Morgan fingerprint density at radius 3 is 2.83 bits per heavy atom. The Hall–Kier alpha value is -1.55. The van der Waals surface area contributed by atoms with Gasteiger partial charge in [0.2, 0.25) is 0 Å². The van der Waals surface area contributed by atoms with Crippen molar-refractivity contribution in [2.45, 2.75) is 38.1 Å². The number of hydrogen-bond acceptors (Lipinski definition) is 3. The minimum Gasteiger partial charge on any atom is -0.496 e. The first-order chi connectivity index (χ1) is 8.63. The molecule has 1 aliphatic carbocycles. The summed E-state index contributed by atoms with van der Waals surface area (Å²) >= 11 is 0. The third-order valence-electron chi connectivity index (χ3n) is 3.52. The van der Waals surface area contributed by atoms with Crippen molar-refractivity contribution in [3.8, 4) is 5.75 Å². The lowest BCUT2D eigenvalue weighted by Gasteiger charge is -2.21. The molecule has 1 aromatic rings. The normalized spacial score (nSPS) is 15.9. The topological polar surface area (TPSA) is 72.5 Å². The van der Waals surface area contributed by atoms with Crippen LogP contribution < -0.4 is 10.5 Å². The van der Waals surface area contributed by atoms with Crippen LogP contribution in [0, 0.1) is 0 Å². The lowest BCUT2D eigenvalue weighted by molar-refractivity contribution is -0.138. The van der Waals surface area contributed by atoms with Crippen LogP contribution in [0.15, 0.2) is 12.1 Å². The molecule has 1 aliphatic rings. The third-order valence-corrected chi connectivity index (χ3v) is 3.52. The number of aliphatic carboxylic acids is 1. The van der Waals surface area contributed by atoms with Gasteiger partial charge in [0.05, 0.1) is 7.11 Å². The summed E-state index contributed by atoms with van der Waals surface area (Å²) in [5.41, 5.74) is 9.05. The molecule has 0 amide bonds. The largest absolute Gasteiger partial charge is 0.496 e. The van der Waals surface area contributed by atoms with Gasteiger partial charge in [-0.1, -0.05) is 12.1 Å². The first-order valence-electron chi connectivity index (χ1n) is 6.29. The predicted molar refractivity (Wildman–Crippen MR) is 69.0 cm³/mol. The van der Waals surface area contributed by atoms with E-state index in [9.17, 15) is 4.79 Å². The van der Waals surface area contributed by atoms with Crippen molar-refractivity contribution in [2.24, 2.45) is 5.73 Å². The first-order valence-corrected chi connectivity index (χ1v) is 6.29. The van der Waals surface area contributed by atoms with E-state index < -0.39 is 12.0 Å². The maximum absolute atomic E-state index is 10.8. The van der Waals surface area contributed by atoms with Crippen LogP contribution in [0.4, 0.5) is 0 Å². The molecule has 0 radical (unpaired) electrons. The number of hydrogen-bond donors (Lipinski definition) is 2. The van der Waals surface area contributed by atoms with Gasteiger partial charge in [0, 0.05) is 6.42 Å². The molecule has 0 fully saturated rings. The molecular formula is C14H19NO3. The molecule has 0 bridgehead atoms. The van der Waals surface area contributed by atoms with Gasteiger partial charge in [0.25, 0.3) is 0 Å². The Morgan fingerprint density at radius 1 is 1.44 bits per heavy atom. The minimum atomic E-state index is -0.977. The summed E-state index contributed by atoms with van der Waals surface area (Å²) in [4.78, 5) is 10.8. The van der Waals surface area contributed by atoms with E-state index in [1.807, 2.05) is 6.07 Å². The summed E-state index contributed by atoms with van der Waals surface area (Å²) in [6.07, 6.45) is 4.78. The number of carbonyl (C=O) groups is 1. The van der Waals surface area contributed by atoms with Gasteiger partial charge in [0.15, 0.2) is 0 Å². The lowest BCUT2D eigenvalue weighted by atomic mass is 9.88. The van der Waals surface area contributed by atoms with Gasteiger partial charge < -0.3 is 15.6 Å². The van der Waals surface area contributed by atoms with Crippen LogP contribution >= 0.6 is 0 Å². The van der Waals surface area contributed by atoms with Crippen molar-refractivity contribution in [2.75, 3.05) is 7.11 Å². The van der Waals surface area contributed by atoms with Gasteiger partial charge in [-0.2, -0.15) is 0 Å². The molecule has 0 saturated heterocycles. The van der Waals surface area contributed by atoms with Crippen molar-refractivity contribution in [1.82, 2.24) is 0 Å². The Kier molecular flexibility index (Phi) is 3.87. The fraction of sp³-hybridized carbons (Fsp3) is 0.500. The second-order valence-electron chi connectivity index (χ2n) is 4.75. The number of ether oxygens (including phenoxy) is 1. The number of carboxylic acids is 1. The maximum atomic E-state index is 10.8. The van der Waals surface area contributed by atoms with E-state index in [0.717, 1.165) is 30.6 Å². The highest BCUT2D eigenvalue weighted by molar-refractivity contribution is 5.73. The van der Waals surface area contributed by atoms with Crippen molar-refractivity contribution >= 4 is 5.97 Å². The Balaban J connectivity index is 2.33. The van der Waals surface area contributed by atoms with Crippen molar-refractivity contribution in [1.29, 1.82) is 0 Å². The van der Waals surface area contributed by atoms with E-state index in [1.165, 1.54) is 17.5 Å². The zero-order chi connectivity index (χ0) is 13.1. The summed E-state index contributed by atoms with van der Waals surface area (Å²) in [7, 11) is 1.64. The molecule has 0 aliphatic heterocycles. The fourth-order valence-corrected chi connectivity index (χ4v) is 2.58. The number of aryl methyl sites for hydroxylation is 1. The monoisotopic (exact) mass is 249 g/mol. The Bertz CT molecular complexity index is 457. The smallest absolute Gasteiger partial charge is 0.320 e. The lowest BCUT2D eigenvalue weighted by Crippen LogP contribution is -2.32. The highest BCUT2D eigenvalue weighted by atomic mass is 16.5. The second-order valence-corrected chi connectivity index (χ2v) is 4.75. The van der Waals surface area contributed by atoms with E-state index in [0.29, 0.717) is 6.42 Å². The van der Waals surface area contributed by atoms with Gasteiger partial charge in [-0.3, -0.25) is 4.79 Å². The molecule has 0 spiro atoms. The molecule has 3 N–H and O–H groups in total. The van der Waals surface area contributed by atoms with Crippen molar-refractivity contribution < 1.29 is 14.6 Å². The quantitative estimate of drug-likeness (QED) is 0.848. The van der Waals surface area contributed by atoms with Gasteiger partial charge in [-0.15, -0.1) is 0 Å². The highest BCUT2D eigenvalue weighted by Crippen LogP contribution is 2.33. The van der Waals surface area contributed by atoms with Gasteiger partial charge in [0.1, 0.15) is 11.8 Å². The summed E-state index contributed by atoms with van der Waals surface area (Å²) in [5.74, 6) is -0.140. The van der Waals surface area contributed by atoms with Crippen LogP contribution in [-0.4, -0.2) is 24.2 Å². The molecule has 1 unspecified atom stereocenters. The average molecular weight is 249 g/mol. The second kappa shape index (κ2) is 5.40. The van der Waals surface area contributed by atoms with E-state index >= 15 is 0 Å². The van der Waals surface area contributed by atoms with Crippen LogP contribution in [0.1, 0.15) is 29.5 Å². The molecule has 0 aromatic heterocycles. The number of rotatable bonds is 4.